The fraction of sp³-hybridized carbons (Fsp3) is 0.400. The number of anilines is 1. The molecule has 5 heterocycles. The summed E-state index contributed by atoms with van der Waals surface area (Å²) in [7, 11) is 5.12. The van der Waals surface area contributed by atoms with Crippen LogP contribution in [0.25, 0.3) is 37.8 Å². The number of hydrogen-bond acceptors (Lipinski definition) is 7. The monoisotopic (exact) mass is 804 g/mol. The summed E-state index contributed by atoms with van der Waals surface area (Å²) in [4.78, 5) is 70.4. The van der Waals surface area contributed by atoms with Crippen LogP contribution in [-0.4, -0.2) is 82.8 Å². The van der Waals surface area contributed by atoms with Gasteiger partial charge in [0.15, 0.2) is 0 Å². The number of fused-ring (bicyclic) bond motifs is 2. The Morgan fingerprint density at radius 2 is 1.71 bits per heavy atom. The highest BCUT2D eigenvalue weighted by atomic mass is 32.1. The van der Waals surface area contributed by atoms with Crippen LogP contribution in [0.5, 0.6) is 0 Å². The molecular formula is C45H49FN6O5S. The average molecular weight is 805 g/mol. The van der Waals surface area contributed by atoms with E-state index < -0.39 is 11.9 Å². The number of imidazole rings is 1. The van der Waals surface area contributed by atoms with E-state index in [-0.39, 0.29) is 48.0 Å². The summed E-state index contributed by atoms with van der Waals surface area (Å²) in [5.74, 6) is -1.12. The summed E-state index contributed by atoms with van der Waals surface area (Å²) in [6, 6.07) is 15.3. The van der Waals surface area contributed by atoms with Gasteiger partial charge in [0, 0.05) is 70.6 Å². The molecular weight excluding hydrogens is 756 g/mol. The minimum Gasteiger partial charge on any atom is -0.370 e. The normalized spacial score (nSPS) is 18.0. The first-order valence-electron chi connectivity index (χ1n) is 20.1. The van der Waals surface area contributed by atoms with Gasteiger partial charge in [0.1, 0.15) is 11.9 Å². The van der Waals surface area contributed by atoms with E-state index in [1.807, 2.05) is 55.2 Å². The number of nitrogens with one attached hydrogen (secondary N) is 1. The van der Waals surface area contributed by atoms with Gasteiger partial charge in [0.05, 0.1) is 26.3 Å². The lowest BCUT2D eigenvalue weighted by molar-refractivity contribution is -0.136. The molecule has 302 valence electrons. The maximum absolute atomic E-state index is 16.6. The molecule has 0 aliphatic carbocycles. The van der Waals surface area contributed by atoms with Crippen LogP contribution in [0, 0.1) is 18.7 Å². The Kier molecular flexibility index (Phi) is 10.4. The first kappa shape index (κ1) is 39.3. The number of amides is 4. The average Bonchev–Trinajstić information content (AvgIpc) is 3.77. The van der Waals surface area contributed by atoms with Crippen molar-refractivity contribution in [3.8, 4) is 11.1 Å². The van der Waals surface area contributed by atoms with Crippen molar-refractivity contribution in [3.63, 3.8) is 0 Å². The summed E-state index contributed by atoms with van der Waals surface area (Å²) >= 11 is 1.17. The molecule has 5 aromatic rings. The second-order valence-corrected chi connectivity index (χ2v) is 17.5. The Morgan fingerprint density at radius 1 is 0.948 bits per heavy atom. The van der Waals surface area contributed by atoms with E-state index in [4.69, 9.17) is 0 Å². The number of para-hydroxylation sites is 1. The van der Waals surface area contributed by atoms with Crippen molar-refractivity contribution < 1.29 is 23.6 Å². The zero-order chi connectivity index (χ0) is 41.2. The van der Waals surface area contributed by atoms with E-state index in [2.05, 4.69) is 35.3 Å². The molecule has 0 spiro atoms. The van der Waals surface area contributed by atoms with Gasteiger partial charge in [0.2, 0.25) is 17.7 Å². The van der Waals surface area contributed by atoms with Gasteiger partial charge >= 0.3 is 5.69 Å². The zero-order valence-corrected chi connectivity index (χ0v) is 34.7. The summed E-state index contributed by atoms with van der Waals surface area (Å²) in [6.07, 6.45) is 4.93. The third-order valence-electron chi connectivity index (χ3n) is 12.1. The van der Waals surface area contributed by atoms with E-state index >= 15 is 4.39 Å². The minimum atomic E-state index is -0.740. The molecule has 3 aliphatic heterocycles. The Morgan fingerprint density at radius 3 is 2.40 bits per heavy atom. The molecule has 1 unspecified atom stereocenters. The SMILES string of the molecule is Cc1cc(C2CCN(c3cccc4c3n(C)c(=O)n4C3CCC(=O)NC3=O)CC2)ccc1-c1cc(C2=CCCN(C(=O)C(C)C)C2)c(F)c2sc(C(=O)N(C)C)cc12. The van der Waals surface area contributed by atoms with Crippen molar-refractivity contribution in [3.05, 3.63) is 92.5 Å². The molecule has 3 aromatic carbocycles. The van der Waals surface area contributed by atoms with Crippen molar-refractivity contribution >= 4 is 67.3 Å². The zero-order valence-electron chi connectivity index (χ0n) is 33.9. The third-order valence-corrected chi connectivity index (χ3v) is 13.2. The fourth-order valence-electron chi connectivity index (χ4n) is 9.04. The molecule has 4 amide bonds. The summed E-state index contributed by atoms with van der Waals surface area (Å²) in [5, 5.41) is 3.08. The predicted octanol–water partition coefficient (Wildman–Crippen LogP) is 7.00. The molecule has 11 nitrogen and oxygen atoms in total. The van der Waals surface area contributed by atoms with Crippen LogP contribution in [0.3, 0.4) is 0 Å². The molecule has 0 saturated carbocycles. The van der Waals surface area contributed by atoms with E-state index in [1.54, 1.807) is 25.7 Å². The van der Waals surface area contributed by atoms with Gasteiger partial charge in [0.25, 0.3) is 5.91 Å². The number of carbonyl (C=O) groups excluding carboxylic acids is 4. The van der Waals surface area contributed by atoms with Gasteiger partial charge in [-0.2, -0.15) is 0 Å². The van der Waals surface area contributed by atoms with E-state index in [0.717, 1.165) is 59.4 Å². The number of nitrogens with zero attached hydrogens (tertiary/aromatic N) is 5. The van der Waals surface area contributed by atoms with Crippen molar-refractivity contribution in [2.24, 2.45) is 13.0 Å². The Balaban J connectivity index is 1.08. The summed E-state index contributed by atoms with van der Waals surface area (Å²) in [6.45, 7) is 8.32. The maximum atomic E-state index is 16.6. The first-order valence-corrected chi connectivity index (χ1v) is 20.9. The standard InChI is InChI=1S/C45H49FN6O5S/c1-25(2)43(55)51-18-8-9-29(24-51)31-22-32(33-23-37(44(56)48(4)5)58-41(33)39(31)46)30-13-12-28(21-26(30)3)27-16-19-50(20-17-27)34-10-7-11-35-40(34)49(6)45(57)52(35)36-14-15-38(53)47-42(36)54/h7,9-13,21-23,25,27,36H,8,14-20,24H2,1-6H3,(H,47,53,54). The van der Waals surface area contributed by atoms with Crippen LogP contribution in [0.4, 0.5) is 10.1 Å². The van der Waals surface area contributed by atoms with E-state index in [9.17, 15) is 24.0 Å². The number of carbonyl (C=O) groups is 4. The Bertz CT molecular complexity index is 2610. The lowest BCUT2D eigenvalue weighted by Gasteiger charge is -2.34. The molecule has 13 heteroatoms. The molecule has 0 radical (unpaired) electrons. The number of benzene rings is 3. The highest BCUT2D eigenvalue weighted by Gasteiger charge is 2.33. The number of piperidine rings is 2. The molecule has 1 N–H and O–H groups in total. The Hall–Kier alpha value is -5.56. The highest BCUT2D eigenvalue weighted by molar-refractivity contribution is 7.21. The maximum Gasteiger partial charge on any atom is 0.329 e. The van der Waals surface area contributed by atoms with Crippen molar-refractivity contribution in [1.82, 2.24) is 24.3 Å². The summed E-state index contributed by atoms with van der Waals surface area (Å²) < 4.78 is 20.2. The molecule has 2 fully saturated rings. The number of hydrogen-bond donors (Lipinski definition) is 1. The van der Waals surface area contributed by atoms with Gasteiger partial charge in [-0.15, -0.1) is 11.3 Å². The van der Waals surface area contributed by atoms with Crippen LogP contribution < -0.4 is 15.9 Å². The molecule has 2 aromatic heterocycles. The Labute approximate surface area is 340 Å². The topological polar surface area (TPSA) is 117 Å². The van der Waals surface area contributed by atoms with E-state index in [1.165, 1.54) is 26.4 Å². The summed E-state index contributed by atoms with van der Waals surface area (Å²) in [5.41, 5.74) is 7.44. The lowest BCUT2D eigenvalue weighted by Crippen LogP contribution is -2.44. The lowest BCUT2D eigenvalue weighted by atomic mass is 9.85. The fourth-order valence-corrected chi connectivity index (χ4v) is 10.2. The van der Waals surface area contributed by atoms with Gasteiger partial charge in [-0.1, -0.05) is 44.2 Å². The molecule has 1 atom stereocenters. The molecule has 0 bridgehead atoms. The van der Waals surface area contributed by atoms with Crippen molar-refractivity contribution in [2.75, 3.05) is 45.2 Å². The number of aryl methyl sites for hydroxylation is 2. The predicted molar refractivity (Wildman–Crippen MR) is 227 cm³/mol. The van der Waals surface area contributed by atoms with Crippen molar-refractivity contribution in [1.29, 1.82) is 0 Å². The van der Waals surface area contributed by atoms with Gasteiger partial charge in [-0.05, 0) is 90.6 Å². The number of thiophene rings is 1. The smallest absolute Gasteiger partial charge is 0.329 e. The number of rotatable bonds is 7. The number of halogens is 1. The third kappa shape index (κ3) is 6.82. The van der Waals surface area contributed by atoms with Crippen molar-refractivity contribution in [2.45, 2.75) is 64.8 Å². The van der Waals surface area contributed by atoms with Gasteiger partial charge in [-0.3, -0.25) is 33.6 Å². The molecule has 2 saturated heterocycles. The van der Waals surface area contributed by atoms with Crippen LogP contribution in [-0.2, 0) is 21.4 Å². The quantitative estimate of drug-likeness (QED) is 0.177. The first-order chi connectivity index (χ1) is 27.7. The largest absolute Gasteiger partial charge is 0.370 e. The van der Waals surface area contributed by atoms with Crippen LogP contribution in [0.1, 0.15) is 84.3 Å². The molecule has 3 aliphatic rings. The van der Waals surface area contributed by atoms with Crippen LogP contribution in [0.2, 0.25) is 0 Å². The number of aromatic nitrogens is 2. The van der Waals surface area contributed by atoms with E-state index in [0.29, 0.717) is 51.5 Å². The second kappa shape index (κ2) is 15.3. The number of imide groups is 1. The highest BCUT2D eigenvalue weighted by Crippen LogP contribution is 2.43. The molecule has 8 rings (SSSR count). The molecule has 58 heavy (non-hydrogen) atoms. The van der Waals surface area contributed by atoms with Gasteiger partial charge < -0.3 is 14.7 Å². The van der Waals surface area contributed by atoms with Crippen LogP contribution in [0.15, 0.2) is 59.4 Å². The second-order valence-electron chi connectivity index (χ2n) is 16.4. The van der Waals surface area contributed by atoms with Crippen LogP contribution >= 0.6 is 11.3 Å². The van der Waals surface area contributed by atoms with Gasteiger partial charge in [-0.25, -0.2) is 9.18 Å². The minimum absolute atomic E-state index is 0.0473.